The second-order valence-corrected chi connectivity index (χ2v) is 8.92. The van der Waals surface area contributed by atoms with Gasteiger partial charge in [-0.2, -0.15) is 0 Å². The van der Waals surface area contributed by atoms with Crippen LogP contribution in [0.15, 0.2) is 0 Å². The molecular weight excluding hydrogens is 246 g/mol. The number of hydrogen-bond acceptors (Lipinski definition) is 3. The molecular formula is C14H25NO2S. The molecule has 0 radical (unpaired) electrons. The zero-order valence-corrected chi connectivity index (χ0v) is 12.1. The van der Waals surface area contributed by atoms with Crippen LogP contribution in [0.25, 0.3) is 0 Å². The van der Waals surface area contributed by atoms with E-state index in [0.29, 0.717) is 18.3 Å². The second kappa shape index (κ2) is 4.78. The number of rotatable bonds is 5. The van der Waals surface area contributed by atoms with Crippen molar-refractivity contribution in [3.63, 3.8) is 0 Å². The second-order valence-electron chi connectivity index (χ2n) is 6.45. The van der Waals surface area contributed by atoms with E-state index < -0.39 is 9.84 Å². The minimum Gasteiger partial charge on any atom is -0.313 e. The molecule has 3 rings (SSSR count). The fourth-order valence-corrected chi connectivity index (χ4v) is 5.56. The van der Waals surface area contributed by atoms with Gasteiger partial charge in [-0.3, -0.25) is 0 Å². The van der Waals surface area contributed by atoms with Crippen LogP contribution in [0.4, 0.5) is 0 Å². The molecule has 1 N–H and O–H groups in total. The zero-order chi connectivity index (χ0) is 12.8. The summed E-state index contributed by atoms with van der Waals surface area (Å²) in [4.78, 5) is 0. The molecule has 0 spiro atoms. The van der Waals surface area contributed by atoms with Crippen molar-refractivity contribution in [3.05, 3.63) is 0 Å². The van der Waals surface area contributed by atoms with Gasteiger partial charge in [0, 0.05) is 18.3 Å². The molecule has 3 saturated carbocycles. The SMILES string of the molecule is CCS(=O)(=O)CCN[C@@H]1C[C@H]2C[C@H]1[C@H]1CCC[C@H]21. The van der Waals surface area contributed by atoms with Crippen LogP contribution >= 0.6 is 0 Å². The Hall–Kier alpha value is -0.0900. The summed E-state index contributed by atoms with van der Waals surface area (Å²) in [5.74, 6) is 4.37. The highest BCUT2D eigenvalue weighted by atomic mass is 32.2. The fraction of sp³-hybridized carbons (Fsp3) is 1.00. The van der Waals surface area contributed by atoms with Crippen molar-refractivity contribution in [2.45, 2.75) is 45.1 Å². The Morgan fingerprint density at radius 1 is 1.11 bits per heavy atom. The summed E-state index contributed by atoms with van der Waals surface area (Å²) in [6.45, 7) is 2.39. The van der Waals surface area contributed by atoms with Crippen molar-refractivity contribution < 1.29 is 8.42 Å². The molecule has 0 amide bonds. The molecule has 104 valence electrons. The van der Waals surface area contributed by atoms with E-state index in [2.05, 4.69) is 5.32 Å². The minimum absolute atomic E-state index is 0.274. The first-order valence-corrected chi connectivity index (χ1v) is 9.36. The quantitative estimate of drug-likeness (QED) is 0.830. The summed E-state index contributed by atoms with van der Waals surface area (Å²) < 4.78 is 23.0. The van der Waals surface area contributed by atoms with Gasteiger partial charge in [-0.25, -0.2) is 8.42 Å². The van der Waals surface area contributed by atoms with Crippen LogP contribution in [0.3, 0.4) is 0 Å². The van der Waals surface area contributed by atoms with E-state index in [1.54, 1.807) is 6.92 Å². The van der Waals surface area contributed by atoms with E-state index >= 15 is 0 Å². The van der Waals surface area contributed by atoms with E-state index in [1.807, 2.05) is 0 Å². The van der Waals surface area contributed by atoms with Gasteiger partial charge in [0.05, 0.1) is 5.75 Å². The molecule has 0 aromatic rings. The fourth-order valence-electron chi connectivity index (χ4n) is 4.85. The molecule has 0 aromatic carbocycles. The van der Waals surface area contributed by atoms with Crippen molar-refractivity contribution in [1.82, 2.24) is 5.32 Å². The Morgan fingerprint density at radius 2 is 1.89 bits per heavy atom. The monoisotopic (exact) mass is 271 g/mol. The highest BCUT2D eigenvalue weighted by molar-refractivity contribution is 7.91. The Balaban J connectivity index is 1.51. The number of fused-ring (bicyclic) bond motifs is 5. The molecule has 3 aliphatic carbocycles. The summed E-state index contributed by atoms with van der Waals surface area (Å²) in [6, 6.07) is 0.612. The number of hydrogen-bond donors (Lipinski definition) is 1. The normalized spacial score (nSPS) is 42.4. The molecule has 5 atom stereocenters. The van der Waals surface area contributed by atoms with Gasteiger partial charge in [-0.15, -0.1) is 0 Å². The summed E-state index contributed by atoms with van der Waals surface area (Å²) in [7, 11) is -2.80. The van der Waals surface area contributed by atoms with Gasteiger partial charge in [0.15, 0.2) is 9.84 Å². The topological polar surface area (TPSA) is 46.2 Å². The Kier molecular flexibility index (Phi) is 3.43. The van der Waals surface area contributed by atoms with Crippen LogP contribution < -0.4 is 5.32 Å². The summed E-state index contributed by atoms with van der Waals surface area (Å²) in [5, 5.41) is 3.54. The summed E-state index contributed by atoms with van der Waals surface area (Å²) in [5.41, 5.74) is 0. The van der Waals surface area contributed by atoms with Crippen LogP contribution in [-0.2, 0) is 9.84 Å². The molecule has 4 heteroatoms. The van der Waals surface area contributed by atoms with Gasteiger partial charge >= 0.3 is 0 Å². The maximum Gasteiger partial charge on any atom is 0.151 e. The van der Waals surface area contributed by atoms with Crippen LogP contribution in [0.5, 0.6) is 0 Å². The smallest absolute Gasteiger partial charge is 0.151 e. The highest BCUT2D eigenvalue weighted by Gasteiger charge is 2.53. The lowest BCUT2D eigenvalue weighted by Crippen LogP contribution is -2.41. The number of nitrogens with one attached hydrogen (secondary N) is 1. The third-order valence-corrected chi connectivity index (χ3v) is 7.39. The Bertz CT molecular complexity index is 406. The van der Waals surface area contributed by atoms with Gasteiger partial charge < -0.3 is 5.32 Å². The third kappa shape index (κ3) is 2.22. The molecule has 0 aromatic heterocycles. The first-order valence-electron chi connectivity index (χ1n) is 7.54. The third-order valence-electron chi connectivity index (χ3n) is 5.69. The first-order chi connectivity index (χ1) is 8.61. The van der Waals surface area contributed by atoms with Crippen LogP contribution in [0.2, 0.25) is 0 Å². The lowest BCUT2D eigenvalue weighted by Gasteiger charge is -2.32. The van der Waals surface area contributed by atoms with Gasteiger partial charge in [0.2, 0.25) is 0 Å². The predicted molar refractivity (Wildman–Crippen MR) is 73.2 cm³/mol. The molecule has 2 bridgehead atoms. The van der Waals surface area contributed by atoms with Crippen molar-refractivity contribution in [3.8, 4) is 0 Å². The van der Waals surface area contributed by atoms with E-state index in [0.717, 1.165) is 23.7 Å². The Labute approximate surface area is 111 Å². The molecule has 0 aliphatic heterocycles. The van der Waals surface area contributed by atoms with Crippen molar-refractivity contribution in [1.29, 1.82) is 0 Å². The highest BCUT2D eigenvalue weighted by Crippen LogP contribution is 2.58. The van der Waals surface area contributed by atoms with Crippen molar-refractivity contribution in [2.75, 3.05) is 18.1 Å². The summed E-state index contributed by atoms with van der Waals surface area (Å²) in [6.07, 6.45) is 7.03. The predicted octanol–water partition coefficient (Wildman–Crippen LogP) is 1.84. The molecule has 0 unspecified atom stereocenters. The molecule has 0 saturated heterocycles. The molecule has 0 heterocycles. The largest absolute Gasteiger partial charge is 0.313 e. The van der Waals surface area contributed by atoms with Crippen LogP contribution in [0, 0.1) is 23.7 Å². The maximum atomic E-state index is 11.5. The lowest BCUT2D eigenvalue weighted by atomic mass is 9.79. The average molecular weight is 271 g/mol. The van der Waals surface area contributed by atoms with E-state index in [4.69, 9.17) is 0 Å². The molecule has 3 nitrogen and oxygen atoms in total. The van der Waals surface area contributed by atoms with E-state index in [9.17, 15) is 8.42 Å². The standard InChI is InChI=1S/C14H25NO2S/c1-2-18(16,17)7-6-15-14-9-10-8-13(14)12-5-3-4-11(10)12/h10-15H,2-9H2,1H3/t10-,11-,12+,13+,14-/m1/s1. The van der Waals surface area contributed by atoms with Crippen molar-refractivity contribution in [2.24, 2.45) is 23.7 Å². The van der Waals surface area contributed by atoms with E-state index in [1.165, 1.54) is 32.1 Å². The molecule has 3 fully saturated rings. The first kappa shape index (κ1) is 12.9. The Morgan fingerprint density at radius 3 is 2.67 bits per heavy atom. The van der Waals surface area contributed by atoms with Crippen LogP contribution in [-0.4, -0.2) is 32.5 Å². The maximum absolute atomic E-state index is 11.5. The van der Waals surface area contributed by atoms with Gasteiger partial charge in [0.25, 0.3) is 0 Å². The van der Waals surface area contributed by atoms with Gasteiger partial charge in [-0.05, 0) is 49.4 Å². The minimum atomic E-state index is -2.80. The lowest BCUT2D eigenvalue weighted by molar-refractivity contribution is 0.211. The number of sulfone groups is 1. The summed E-state index contributed by atoms with van der Waals surface area (Å²) >= 11 is 0. The average Bonchev–Trinajstić information content (AvgIpc) is 3.00. The van der Waals surface area contributed by atoms with Gasteiger partial charge in [0.1, 0.15) is 0 Å². The van der Waals surface area contributed by atoms with Gasteiger partial charge in [-0.1, -0.05) is 13.3 Å². The van der Waals surface area contributed by atoms with Crippen molar-refractivity contribution >= 4 is 9.84 Å². The zero-order valence-electron chi connectivity index (χ0n) is 11.3. The van der Waals surface area contributed by atoms with Crippen LogP contribution in [0.1, 0.15) is 39.0 Å². The molecule has 18 heavy (non-hydrogen) atoms. The molecule has 3 aliphatic rings. The van der Waals surface area contributed by atoms with E-state index in [-0.39, 0.29) is 5.75 Å².